The van der Waals surface area contributed by atoms with Crippen LogP contribution in [-0.4, -0.2) is 35.6 Å². The van der Waals surface area contributed by atoms with Crippen molar-refractivity contribution in [2.75, 3.05) is 19.3 Å². The van der Waals surface area contributed by atoms with E-state index in [1.54, 1.807) is 0 Å². The minimum absolute atomic E-state index is 0. The Morgan fingerprint density at radius 1 is 1.10 bits per heavy atom. The summed E-state index contributed by atoms with van der Waals surface area (Å²) in [6.07, 6.45) is 10.4. The maximum atomic E-state index is 10.5. The lowest BCUT2D eigenvalue weighted by molar-refractivity contribution is -0.143. The standard InChI is InChI=1S/C14H20Br2N2.C8H15NO2.ClH/c1-18(12-5-3-2-4-6-12)9-10-7-11(15)8-13(16)14(10)17;9-5-6-1-3-7(4-2-6)8(10)11;/h7-8,12H,2-6,9,17H2,1H3;6-7H,1-5,9H2,(H,10,11);1H. The molecule has 0 unspecified atom stereocenters. The topological polar surface area (TPSA) is 92.6 Å². The van der Waals surface area contributed by atoms with E-state index in [1.165, 1.54) is 37.7 Å². The molecule has 0 atom stereocenters. The van der Waals surface area contributed by atoms with E-state index in [0.717, 1.165) is 52.9 Å². The number of hydrogen-bond acceptors (Lipinski definition) is 4. The van der Waals surface area contributed by atoms with Gasteiger partial charge in [-0.3, -0.25) is 9.69 Å². The molecule has 1 aromatic rings. The highest BCUT2D eigenvalue weighted by Crippen LogP contribution is 2.31. The van der Waals surface area contributed by atoms with Crippen molar-refractivity contribution in [1.82, 2.24) is 4.90 Å². The highest BCUT2D eigenvalue weighted by molar-refractivity contribution is 9.11. The van der Waals surface area contributed by atoms with Crippen LogP contribution in [0, 0.1) is 11.8 Å². The van der Waals surface area contributed by atoms with E-state index in [9.17, 15) is 4.79 Å². The number of nitrogens with two attached hydrogens (primary N) is 2. The molecule has 30 heavy (non-hydrogen) atoms. The molecular formula is C22H36Br2ClN3O2. The van der Waals surface area contributed by atoms with Gasteiger partial charge in [0.25, 0.3) is 0 Å². The Morgan fingerprint density at radius 2 is 1.70 bits per heavy atom. The summed E-state index contributed by atoms with van der Waals surface area (Å²) >= 11 is 7.04. The Bertz CT molecular complexity index is 664. The van der Waals surface area contributed by atoms with Crippen molar-refractivity contribution in [3.8, 4) is 0 Å². The fourth-order valence-corrected chi connectivity index (χ4v) is 5.65. The second kappa shape index (κ2) is 13.9. The summed E-state index contributed by atoms with van der Waals surface area (Å²) in [6, 6.07) is 4.84. The molecule has 2 saturated carbocycles. The first-order valence-electron chi connectivity index (χ1n) is 10.7. The predicted octanol–water partition coefficient (Wildman–Crippen LogP) is 5.82. The van der Waals surface area contributed by atoms with E-state index >= 15 is 0 Å². The normalized spacial score (nSPS) is 22.0. The molecule has 0 radical (unpaired) electrons. The SMILES string of the molecule is CN(Cc1cc(Br)cc(Br)c1N)C1CCCCC1.Cl.NCC1CCC(C(=O)O)CC1. The maximum Gasteiger partial charge on any atom is 0.306 e. The van der Waals surface area contributed by atoms with E-state index in [-0.39, 0.29) is 18.3 Å². The van der Waals surface area contributed by atoms with Gasteiger partial charge >= 0.3 is 5.97 Å². The quantitative estimate of drug-likeness (QED) is 0.389. The third kappa shape index (κ3) is 8.65. The molecule has 0 aliphatic heterocycles. The van der Waals surface area contributed by atoms with Crippen molar-refractivity contribution in [2.24, 2.45) is 17.6 Å². The van der Waals surface area contributed by atoms with Crippen molar-refractivity contribution >= 4 is 55.9 Å². The van der Waals surface area contributed by atoms with Gasteiger partial charge in [-0.05, 0) is 91.7 Å². The Hall–Kier alpha value is -0.340. The van der Waals surface area contributed by atoms with Gasteiger partial charge in [-0.25, -0.2) is 0 Å². The molecule has 0 bridgehead atoms. The van der Waals surface area contributed by atoms with Crippen molar-refractivity contribution in [2.45, 2.75) is 70.4 Å². The number of carbonyl (C=O) groups is 1. The number of rotatable bonds is 5. The zero-order valence-corrected chi connectivity index (χ0v) is 21.8. The molecule has 0 amide bonds. The number of nitrogen functional groups attached to an aromatic ring is 1. The van der Waals surface area contributed by atoms with E-state index in [1.807, 2.05) is 6.07 Å². The number of aliphatic carboxylic acids is 1. The Labute approximate surface area is 204 Å². The predicted molar refractivity (Wildman–Crippen MR) is 134 cm³/mol. The minimum atomic E-state index is -0.638. The van der Waals surface area contributed by atoms with Crippen LogP contribution in [0.15, 0.2) is 21.1 Å². The molecule has 0 aromatic heterocycles. The molecular weight excluding hydrogens is 534 g/mol. The lowest BCUT2D eigenvalue weighted by Gasteiger charge is -2.31. The minimum Gasteiger partial charge on any atom is -0.481 e. The Balaban J connectivity index is 0.000000324. The van der Waals surface area contributed by atoms with Gasteiger partial charge in [0.2, 0.25) is 0 Å². The molecule has 2 aliphatic carbocycles. The van der Waals surface area contributed by atoms with Gasteiger partial charge in [0.15, 0.2) is 0 Å². The molecule has 8 heteroatoms. The molecule has 172 valence electrons. The van der Waals surface area contributed by atoms with Crippen LogP contribution in [0.25, 0.3) is 0 Å². The van der Waals surface area contributed by atoms with Crippen molar-refractivity contribution in [3.63, 3.8) is 0 Å². The Morgan fingerprint density at radius 3 is 2.23 bits per heavy atom. The zero-order valence-electron chi connectivity index (χ0n) is 17.8. The number of nitrogens with zero attached hydrogens (tertiary/aromatic N) is 1. The first-order chi connectivity index (χ1) is 13.8. The van der Waals surface area contributed by atoms with Gasteiger partial charge in [0, 0.05) is 21.5 Å². The third-order valence-electron chi connectivity index (χ3n) is 6.33. The lowest BCUT2D eigenvalue weighted by atomic mass is 9.82. The van der Waals surface area contributed by atoms with Crippen LogP contribution in [0.4, 0.5) is 5.69 Å². The fourth-order valence-electron chi connectivity index (χ4n) is 4.33. The van der Waals surface area contributed by atoms with Gasteiger partial charge in [0.05, 0.1) is 11.6 Å². The molecule has 0 spiro atoms. The summed E-state index contributed by atoms with van der Waals surface area (Å²) in [6.45, 7) is 1.64. The first-order valence-corrected chi connectivity index (χ1v) is 12.3. The lowest BCUT2D eigenvalue weighted by Crippen LogP contribution is -2.33. The van der Waals surface area contributed by atoms with Crippen molar-refractivity contribution in [1.29, 1.82) is 0 Å². The van der Waals surface area contributed by atoms with Gasteiger partial charge in [0.1, 0.15) is 0 Å². The van der Waals surface area contributed by atoms with Gasteiger partial charge in [-0.1, -0.05) is 35.2 Å². The molecule has 2 fully saturated rings. The monoisotopic (exact) mass is 567 g/mol. The molecule has 5 nitrogen and oxygen atoms in total. The van der Waals surface area contributed by atoms with Crippen LogP contribution < -0.4 is 11.5 Å². The van der Waals surface area contributed by atoms with Crippen LogP contribution >= 0.6 is 44.3 Å². The van der Waals surface area contributed by atoms with Crippen LogP contribution in [0.1, 0.15) is 63.4 Å². The van der Waals surface area contributed by atoms with Crippen molar-refractivity contribution in [3.05, 3.63) is 26.6 Å². The highest BCUT2D eigenvalue weighted by Gasteiger charge is 2.24. The molecule has 1 aromatic carbocycles. The number of carboxylic acid groups (broad SMARTS) is 1. The van der Waals surface area contributed by atoms with E-state index in [2.05, 4.69) is 49.9 Å². The Kier molecular flexibility index (Phi) is 12.9. The first kappa shape index (κ1) is 27.7. The highest BCUT2D eigenvalue weighted by atomic mass is 79.9. The molecule has 0 heterocycles. The van der Waals surface area contributed by atoms with Crippen molar-refractivity contribution < 1.29 is 9.90 Å². The number of anilines is 1. The molecule has 2 aliphatic rings. The summed E-state index contributed by atoms with van der Waals surface area (Å²) in [5, 5.41) is 8.67. The average molecular weight is 570 g/mol. The second-order valence-electron chi connectivity index (χ2n) is 8.46. The van der Waals surface area contributed by atoms with Crippen LogP contribution in [0.3, 0.4) is 0 Å². The average Bonchev–Trinajstić information content (AvgIpc) is 2.72. The second-order valence-corrected chi connectivity index (χ2v) is 10.2. The number of benzene rings is 1. The van der Waals surface area contributed by atoms with E-state index in [0.29, 0.717) is 12.5 Å². The summed E-state index contributed by atoms with van der Waals surface area (Å²) in [4.78, 5) is 13.0. The van der Waals surface area contributed by atoms with Gasteiger partial charge in [-0.2, -0.15) is 0 Å². The third-order valence-corrected chi connectivity index (χ3v) is 7.44. The summed E-state index contributed by atoms with van der Waals surface area (Å²) in [5.74, 6) is -0.163. The van der Waals surface area contributed by atoms with E-state index in [4.69, 9.17) is 16.6 Å². The zero-order chi connectivity index (χ0) is 21.4. The largest absolute Gasteiger partial charge is 0.481 e. The smallest absolute Gasteiger partial charge is 0.306 e. The molecule has 0 saturated heterocycles. The fraction of sp³-hybridized carbons (Fsp3) is 0.682. The van der Waals surface area contributed by atoms with Crippen LogP contribution in [0.2, 0.25) is 0 Å². The number of hydrogen-bond donors (Lipinski definition) is 3. The van der Waals surface area contributed by atoms with Crippen LogP contribution in [0.5, 0.6) is 0 Å². The molecule has 3 rings (SSSR count). The number of carboxylic acids is 1. The summed E-state index contributed by atoms with van der Waals surface area (Å²) in [5.41, 5.74) is 13.7. The maximum absolute atomic E-state index is 10.5. The van der Waals surface area contributed by atoms with Crippen LogP contribution in [-0.2, 0) is 11.3 Å². The van der Waals surface area contributed by atoms with E-state index < -0.39 is 5.97 Å². The summed E-state index contributed by atoms with van der Waals surface area (Å²) in [7, 11) is 2.21. The van der Waals surface area contributed by atoms with Gasteiger partial charge < -0.3 is 16.6 Å². The van der Waals surface area contributed by atoms with Gasteiger partial charge in [-0.15, -0.1) is 12.4 Å². The molecule has 5 N–H and O–H groups in total. The number of halogens is 3. The summed E-state index contributed by atoms with van der Waals surface area (Å²) < 4.78 is 2.06.